The molecule has 3 rings (SSSR count). The number of nitrogens with zero attached hydrogens (tertiary/aromatic N) is 2. The Bertz CT molecular complexity index is 641. The molecule has 6 nitrogen and oxygen atoms in total. The first-order valence-corrected chi connectivity index (χ1v) is 9.09. The van der Waals surface area contributed by atoms with E-state index in [4.69, 9.17) is 4.74 Å². The van der Waals surface area contributed by atoms with Crippen LogP contribution in [0.4, 0.5) is 5.69 Å². The van der Waals surface area contributed by atoms with Crippen LogP contribution in [0.25, 0.3) is 0 Å². The minimum atomic E-state index is -0.612. The Labute approximate surface area is 149 Å². The normalized spacial score (nSPS) is 20.1. The lowest BCUT2D eigenvalue weighted by atomic mass is 10.00. The molecule has 2 fully saturated rings. The molecule has 0 spiro atoms. The average Bonchev–Trinajstić information content (AvgIpc) is 3.11. The zero-order valence-electron chi connectivity index (χ0n) is 14.9. The summed E-state index contributed by atoms with van der Waals surface area (Å²) in [4.78, 5) is 16.0. The van der Waals surface area contributed by atoms with E-state index in [1.54, 1.807) is 7.11 Å². The van der Waals surface area contributed by atoms with Crippen molar-refractivity contribution in [2.75, 3.05) is 44.7 Å². The maximum atomic E-state index is 12.4. The fourth-order valence-electron chi connectivity index (χ4n) is 3.85. The van der Waals surface area contributed by atoms with Gasteiger partial charge in [0.15, 0.2) is 6.54 Å². The fourth-order valence-corrected chi connectivity index (χ4v) is 3.85. The lowest BCUT2D eigenvalue weighted by molar-refractivity contribution is -0.892. The van der Waals surface area contributed by atoms with Crippen LogP contribution in [0.1, 0.15) is 25.7 Å². The van der Waals surface area contributed by atoms with E-state index in [-0.39, 0.29) is 5.91 Å². The van der Waals surface area contributed by atoms with Gasteiger partial charge in [0.25, 0.3) is 5.91 Å². The van der Waals surface area contributed by atoms with Crippen LogP contribution in [-0.4, -0.2) is 51.3 Å². The number of hydrogen-bond acceptors (Lipinski definition) is 4. The van der Waals surface area contributed by atoms with Gasteiger partial charge in [-0.05, 0) is 37.8 Å². The van der Waals surface area contributed by atoms with Gasteiger partial charge in [0.2, 0.25) is 0 Å². The predicted octanol–water partition coefficient (Wildman–Crippen LogP) is 0.353. The van der Waals surface area contributed by atoms with E-state index in [0.717, 1.165) is 63.3 Å². The summed E-state index contributed by atoms with van der Waals surface area (Å²) in [7, 11) is 1.68. The highest BCUT2D eigenvalue weighted by molar-refractivity contribution is 5.78. The molecule has 0 atom stereocenters. The van der Waals surface area contributed by atoms with Crippen LogP contribution >= 0.6 is 0 Å². The van der Waals surface area contributed by atoms with Crippen LogP contribution in [0.5, 0.6) is 5.75 Å². The largest absolute Gasteiger partial charge is 0.497 e. The molecule has 1 aromatic rings. The molecule has 1 saturated carbocycles. The summed E-state index contributed by atoms with van der Waals surface area (Å²) in [5.74, 6) is 0.873. The van der Waals surface area contributed by atoms with Crippen molar-refractivity contribution in [2.45, 2.75) is 31.2 Å². The molecule has 1 heterocycles. The van der Waals surface area contributed by atoms with Gasteiger partial charge < -0.3 is 19.9 Å². The van der Waals surface area contributed by atoms with Gasteiger partial charge in [-0.1, -0.05) is 6.07 Å². The Morgan fingerprint density at radius 2 is 2.08 bits per heavy atom. The SMILES string of the molecule is COc1cccc(N2CC[NH+](CC(=O)NC3(C#N)CCCC3)CC2)c1. The number of anilines is 1. The van der Waals surface area contributed by atoms with E-state index < -0.39 is 5.54 Å². The molecule has 0 aromatic heterocycles. The number of hydrogen-bond donors (Lipinski definition) is 2. The molecule has 1 aliphatic carbocycles. The van der Waals surface area contributed by atoms with E-state index in [1.165, 1.54) is 4.90 Å². The van der Waals surface area contributed by atoms with Crippen molar-refractivity contribution in [2.24, 2.45) is 0 Å². The van der Waals surface area contributed by atoms with Crippen molar-refractivity contribution >= 4 is 11.6 Å². The number of quaternary nitrogens is 1. The quantitative estimate of drug-likeness (QED) is 0.810. The van der Waals surface area contributed by atoms with Gasteiger partial charge in [-0.25, -0.2) is 0 Å². The summed E-state index contributed by atoms with van der Waals surface area (Å²) in [6.07, 6.45) is 3.63. The predicted molar refractivity (Wildman–Crippen MR) is 95.7 cm³/mol. The summed E-state index contributed by atoms with van der Waals surface area (Å²) < 4.78 is 5.29. The second-order valence-corrected chi connectivity index (χ2v) is 7.06. The molecule has 0 radical (unpaired) electrons. The van der Waals surface area contributed by atoms with Crippen LogP contribution < -0.4 is 19.9 Å². The number of rotatable bonds is 5. The van der Waals surface area contributed by atoms with Gasteiger partial charge in [0.05, 0.1) is 39.4 Å². The number of piperazine rings is 1. The van der Waals surface area contributed by atoms with E-state index in [1.807, 2.05) is 12.1 Å². The Morgan fingerprint density at radius 3 is 2.72 bits per heavy atom. The summed E-state index contributed by atoms with van der Waals surface area (Å²) in [5.41, 5.74) is 0.552. The lowest BCUT2D eigenvalue weighted by Gasteiger charge is -2.34. The van der Waals surface area contributed by atoms with Gasteiger partial charge in [-0.15, -0.1) is 0 Å². The van der Waals surface area contributed by atoms with Crippen LogP contribution in [0.3, 0.4) is 0 Å². The molecule has 0 unspecified atom stereocenters. The van der Waals surface area contributed by atoms with Crippen molar-refractivity contribution in [3.05, 3.63) is 24.3 Å². The molecular formula is C19H27N4O2+. The first-order valence-electron chi connectivity index (χ1n) is 9.09. The average molecular weight is 343 g/mol. The number of methoxy groups -OCH3 is 1. The van der Waals surface area contributed by atoms with E-state index in [0.29, 0.717) is 6.54 Å². The first kappa shape index (κ1) is 17.6. The van der Waals surface area contributed by atoms with Crippen molar-refractivity contribution in [3.8, 4) is 11.8 Å². The maximum Gasteiger partial charge on any atom is 0.276 e. The molecule has 1 amide bonds. The smallest absolute Gasteiger partial charge is 0.276 e. The Hall–Kier alpha value is -2.26. The number of amides is 1. The molecule has 1 aromatic carbocycles. The number of nitriles is 1. The number of nitrogens with one attached hydrogen (secondary N) is 2. The van der Waals surface area contributed by atoms with E-state index >= 15 is 0 Å². The Morgan fingerprint density at radius 1 is 1.36 bits per heavy atom. The number of ether oxygens (including phenoxy) is 1. The molecule has 0 bridgehead atoms. The monoisotopic (exact) mass is 343 g/mol. The van der Waals surface area contributed by atoms with Crippen LogP contribution in [-0.2, 0) is 4.79 Å². The van der Waals surface area contributed by atoms with Crippen LogP contribution in [0.15, 0.2) is 24.3 Å². The van der Waals surface area contributed by atoms with Crippen LogP contribution in [0, 0.1) is 11.3 Å². The first-order chi connectivity index (χ1) is 12.1. The third-order valence-electron chi connectivity index (χ3n) is 5.35. The minimum Gasteiger partial charge on any atom is -0.497 e. The van der Waals surface area contributed by atoms with Crippen LogP contribution in [0.2, 0.25) is 0 Å². The van der Waals surface area contributed by atoms with E-state index in [9.17, 15) is 10.1 Å². The fraction of sp³-hybridized carbons (Fsp3) is 0.579. The lowest BCUT2D eigenvalue weighted by Crippen LogP contribution is -3.16. The highest BCUT2D eigenvalue weighted by Crippen LogP contribution is 2.28. The summed E-state index contributed by atoms with van der Waals surface area (Å²) in [6, 6.07) is 10.4. The van der Waals surface area contributed by atoms with Gasteiger partial charge in [-0.2, -0.15) is 5.26 Å². The highest BCUT2D eigenvalue weighted by atomic mass is 16.5. The van der Waals surface area contributed by atoms with Crippen molar-refractivity contribution < 1.29 is 14.4 Å². The Balaban J connectivity index is 1.49. The van der Waals surface area contributed by atoms with Gasteiger partial charge >= 0.3 is 0 Å². The summed E-state index contributed by atoms with van der Waals surface area (Å²) >= 11 is 0. The third kappa shape index (κ3) is 4.23. The van der Waals surface area contributed by atoms with Crippen molar-refractivity contribution in [3.63, 3.8) is 0 Å². The topological polar surface area (TPSA) is 69.8 Å². The summed E-state index contributed by atoms with van der Waals surface area (Å²) in [5, 5.41) is 12.4. The molecule has 25 heavy (non-hydrogen) atoms. The second kappa shape index (κ2) is 7.75. The molecule has 134 valence electrons. The third-order valence-corrected chi connectivity index (χ3v) is 5.35. The minimum absolute atomic E-state index is 0.00767. The molecule has 1 saturated heterocycles. The van der Waals surface area contributed by atoms with Gasteiger partial charge in [-0.3, -0.25) is 4.79 Å². The molecule has 2 aliphatic rings. The second-order valence-electron chi connectivity index (χ2n) is 7.06. The zero-order chi connectivity index (χ0) is 17.7. The van der Waals surface area contributed by atoms with Gasteiger partial charge in [0.1, 0.15) is 11.3 Å². The molecular weight excluding hydrogens is 316 g/mol. The number of benzene rings is 1. The number of carbonyl (C=O) groups excluding carboxylic acids is 1. The van der Waals surface area contributed by atoms with Crippen molar-refractivity contribution in [1.82, 2.24) is 5.32 Å². The molecule has 1 aliphatic heterocycles. The van der Waals surface area contributed by atoms with Crippen molar-refractivity contribution in [1.29, 1.82) is 5.26 Å². The Kier molecular flexibility index (Phi) is 5.44. The van der Waals surface area contributed by atoms with Gasteiger partial charge in [0, 0.05) is 11.8 Å². The maximum absolute atomic E-state index is 12.4. The molecule has 2 N–H and O–H groups in total. The summed E-state index contributed by atoms with van der Waals surface area (Å²) in [6.45, 7) is 4.13. The highest BCUT2D eigenvalue weighted by Gasteiger charge is 2.36. The molecule has 6 heteroatoms. The van der Waals surface area contributed by atoms with E-state index in [2.05, 4.69) is 28.4 Å². The standard InChI is InChI=1S/C19H26N4O2/c1-25-17-6-4-5-16(13-17)23-11-9-22(10-12-23)14-18(24)21-19(15-20)7-2-3-8-19/h4-6,13H,2-3,7-12,14H2,1H3,(H,21,24)/p+1. The number of carbonyl (C=O) groups is 1. The zero-order valence-corrected chi connectivity index (χ0v) is 14.9.